The van der Waals surface area contributed by atoms with Crippen molar-refractivity contribution in [3.8, 4) is 5.75 Å². The number of fused-ring (bicyclic) bond motifs is 1. The summed E-state index contributed by atoms with van der Waals surface area (Å²) in [5.41, 5.74) is 5.32. The summed E-state index contributed by atoms with van der Waals surface area (Å²) in [6.07, 6.45) is 7.95. The van der Waals surface area contributed by atoms with Gasteiger partial charge in [-0.1, -0.05) is 25.1 Å². The van der Waals surface area contributed by atoms with E-state index in [9.17, 15) is 4.21 Å². The molecule has 2 aliphatic heterocycles. The number of hydrogen-bond donors (Lipinski definition) is 3. The van der Waals surface area contributed by atoms with Gasteiger partial charge in [-0.2, -0.15) is 4.98 Å². The summed E-state index contributed by atoms with van der Waals surface area (Å²) in [5.74, 6) is 1.42. The van der Waals surface area contributed by atoms with E-state index in [1.54, 1.807) is 19.6 Å². The highest BCUT2D eigenvalue weighted by atomic mass is 32.2. The molecule has 0 saturated carbocycles. The summed E-state index contributed by atoms with van der Waals surface area (Å²) >= 11 is 0. The van der Waals surface area contributed by atoms with Crippen LogP contribution in [0.2, 0.25) is 0 Å². The molecular weight excluding hydrogens is 588 g/mol. The lowest BCUT2D eigenvalue weighted by Crippen LogP contribution is -2.52. The standard InChI is InChI=1S/C32H42N10O2S/c1-5-22-18-26(29(44-3)19-28(22)42-12-10-23(11-13-42)41-16-14-40(2)15-17-41)36-31-34-21-35-32(38-31)37-27-20-33-25-9-7-6-8-24(25)30(27)39-45(4)43/h6-9,18-21,23H,5,10-17H2,1-4H3,(H,33,39)(H2,34,35,36,37,38). The van der Waals surface area contributed by atoms with Gasteiger partial charge in [-0.25, -0.2) is 14.2 Å². The molecule has 12 nitrogen and oxygen atoms in total. The third kappa shape index (κ3) is 7.10. The maximum absolute atomic E-state index is 12.1. The highest BCUT2D eigenvalue weighted by Crippen LogP contribution is 2.37. The highest BCUT2D eigenvalue weighted by Gasteiger charge is 2.28. The van der Waals surface area contributed by atoms with Gasteiger partial charge in [0.25, 0.3) is 0 Å². The number of pyridine rings is 1. The SMILES string of the molecule is CCc1cc(Nc2ncnc(Nc3cnc4ccccc4c3NS(C)=O)n2)c(OC)cc1N1CCC(N2CCN(C)CC2)CC1. The second-order valence-electron chi connectivity index (χ2n) is 11.6. The smallest absolute Gasteiger partial charge is 0.232 e. The second-order valence-corrected chi connectivity index (χ2v) is 12.7. The van der Waals surface area contributed by atoms with Crippen LogP contribution < -0.4 is 25.0 Å². The summed E-state index contributed by atoms with van der Waals surface area (Å²) < 4.78 is 21.0. The van der Waals surface area contributed by atoms with Crippen molar-refractivity contribution < 1.29 is 8.95 Å². The number of likely N-dealkylation sites (N-methyl/N-ethyl adjacent to an activating group) is 1. The van der Waals surface area contributed by atoms with Crippen LogP contribution >= 0.6 is 0 Å². The van der Waals surface area contributed by atoms with Crippen molar-refractivity contribution in [2.45, 2.75) is 32.2 Å². The lowest BCUT2D eigenvalue weighted by atomic mass is 9.99. The number of nitrogens with zero attached hydrogens (tertiary/aromatic N) is 7. The predicted octanol–water partition coefficient (Wildman–Crippen LogP) is 4.40. The zero-order chi connectivity index (χ0) is 31.3. The first-order valence-corrected chi connectivity index (χ1v) is 17.1. The molecule has 0 amide bonds. The van der Waals surface area contributed by atoms with Gasteiger partial charge in [0.1, 0.15) is 23.1 Å². The molecule has 1 unspecified atom stereocenters. The third-order valence-corrected chi connectivity index (χ3v) is 9.22. The molecule has 6 rings (SSSR count). The molecule has 2 aliphatic rings. The molecule has 1 atom stereocenters. The number of nitrogens with one attached hydrogen (secondary N) is 3. The molecule has 2 aromatic carbocycles. The molecule has 238 valence electrons. The maximum Gasteiger partial charge on any atom is 0.232 e. The lowest BCUT2D eigenvalue weighted by molar-refractivity contribution is 0.0982. The zero-order valence-electron chi connectivity index (χ0n) is 26.4. The van der Waals surface area contributed by atoms with Crippen LogP contribution in [0.3, 0.4) is 0 Å². The van der Waals surface area contributed by atoms with E-state index in [0.29, 0.717) is 29.3 Å². The molecule has 2 saturated heterocycles. The van der Waals surface area contributed by atoms with Crippen molar-refractivity contribution in [3.05, 3.63) is 54.5 Å². The number of anilines is 6. The number of benzene rings is 2. The van der Waals surface area contributed by atoms with Gasteiger partial charge in [0.15, 0.2) is 0 Å². The number of piperidine rings is 1. The molecule has 0 radical (unpaired) electrons. The van der Waals surface area contributed by atoms with Gasteiger partial charge >= 0.3 is 0 Å². The monoisotopic (exact) mass is 630 g/mol. The summed E-state index contributed by atoms with van der Waals surface area (Å²) in [6, 6.07) is 12.6. The van der Waals surface area contributed by atoms with Crippen molar-refractivity contribution in [2.75, 3.05) is 79.9 Å². The van der Waals surface area contributed by atoms with E-state index in [4.69, 9.17) is 4.74 Å². The van der Waals surface area contributed by atoms with Gasteiger partial charge in [0.05, 0.1) is 35.9 Å². The lowest BCUT2D eigenvalue weighted by Gasteiger charge is -2.43. The Morgan fingerprint density at radius 2 is 1.67 bits per heavy atom. The van der Waals surface area contributed by atoms with Crippen LogP contribution in [0, 0.1) is 0 Å². The van der Waals surface area contributed by atoms with E-state index in [1.165, 1.54) is 43.5 Å². The van der Waals surface area contributed by atoms with E-state index < -0.39 is 11.0 Å². The van der Waals surface area contributed by atoms with Crippen molar-refractivity contribution in [2.24, 2.45) is 0 Å². The largest absolute Gasteiger partial charge is 0.494 e. The Labute approximate surface area is 267 Å². The highest BCUT2D eigenvalue weighted by molar-refractivity contribution is 7.85. The first-order valence-electron chi connectivity index (χ1n) is 15.5. The topological polar surface area (TPSA) is 124 Å². The van der Waals surface area contributed by atoms with Gasteiger partial charge < -0.3 is 29.9 Å². The first-order chi connectivity index (χ1) is 21.9. The fraction of sp³-hybridized carbons (Fsp3) is 0.438. The van der Waals surface area contributed by atoms with Gasteiger partial charge in [-0.15, -0.1) is 0 Å². The van der Waals surface area contributed by atoms with Crippen molar-refractivity contribution in [1.82, 2.24) is 29.7 Å². The van der Waals surface area contributed by atoms with Gasteiger partial charge in [-0.3, -0.25) is 9.88 Å². The van der Waals surface area contributed by atoms with Crippen molar-refractivity contribution in [1.29, 1.82) is 0 Å². The van der Waals surface area contributed by atoms with Crippen LogP contribution in [0.5, 0.6) is 5.75 Å². The van der Waals surface area contributed by atoms with Gasteiger partial charge in [-0.05, 0) is 44.0 Å². The molecule has 0 bridgehead atoms. The molecule has 2 aromatic heterocycles. The minimum atomic E-state index is -1.29. The van der Waals surface area contributed by atoms with E-state index in [0.717, 1.165) is 54.9 Å². The number of hydrogen-bond acceptors (Lipinski definition) is 11. The Bertz CT molecular complexity index is 1650. The predicted molar refractivity (Wildman–Crippen MR) is 183 cm³/mol. The fourth-order valence-corrected chi connectivity index (χ4v) is 6.77. The van der Waals surface area contributed by atoms with E-state index in [-0.39, 0.29) is 0 Å². The Morgan fingerprint density at radius 1 is 0.956 bits per heavy atom. The number of piperazine rings is 1. The molecular formula is C32H42N10O2S. The summed E-state index contributed by atoms with van der Waals surface area (Å²) in [7, 11) is 2.61. The van der Waals surface area contributed by atoms with Crippen LogP contribution in [0.25, 0.3) is 10.9 Å². The number of methoxy groups -OCH3 is 1. The molecule has 45 heavy (non-hydrogen) atoms. The van der Waals surface area contributed by atoms with Crippen LogP contribution in [0.4, 0.5) is 34.6 Å². The van der Waals surface area contributed by atoms with E-state index in [1.807, 2.05) is 24.3 Å². The number of ether oxygens (including phenoxy) is 1. The normalized spacial score (nSPS) is 17.3. The molecule has 2 fully saturated rings. The summed E-state index contributed by atoms with van der Waals surface area (Å²) in [6.45, 7) is 8.91. The first kappa shape index (κ1) is 30.9. The quantitative estimate of drug-likeness (QED) is 0.231. The average molecular weight is 631 g/mol. The molecule has 3 N–H and O–H groups in total. The molecule has 4 aromatic rings. The Kier molecular flexibility index (Phi) is 9.57. The number of para-hydroxylation sites is 1. The Morgan fingerprint density at radius 3 is 2.36 bits per heavy atom. The Hall–Kier alpha value is -4.07. The van der Waals surface area contributed by atoms with Crippen LogP contribution in [0.1, 0.15) is 25.3 Å². The summed E-state index contributed by atoms with van der Waals surface area (Å²) in [5, 5.41) is 7.41. The number of aryl methyl sites for hydroxylation is 1. The van der Waals surface area contributed by atoms with Crippen molar-refractivity contribution >= 4 is 56.5 Å². The Balaban J connectivity index is 1.19. The van der Waals surface area contributed by atoms with E-state index >= 15 is 0 Å². The van der Waals surface area contributed by atoms with Gasteiger partial charge in [0.2, 0.25) is 11.9 Å². The van der Waals surface area contributed by atoms with Crippen molar-refractivity contribution in [3.63, 3.8) is 0 Å². The van der Waals surface area contributed by atoms with E-state index in [2.05, 4.69) is 76.1 Å². The van der Waals surface area contributed by atoms with Crippen LogP contribution in [-0.4, -0.2) is 99.7 Å². The molecule has 0 spiro atoms. The number of rotatable bonds is 10. The minimum Gasteiger partial charge on any atom is -0.494 e. The molecule has 0 aliphatic carbocycles. The van der Waals surface area contributed by atoms with Crippen LogP contribution in [-0.2, 0) is 17.4 Å². The minimum absolute atomic E-state index is 0.323. The average Bonchev–Trinajstić information content (AvgIpc) is 3.06. The van der Waals surface area contributed by atoms with Crippen LogP contribution in [0.15, 0.2) is 48.9 Å². The molecule has 13 heteroatoms. The maximum atomic E-state index is 12.1. The second kappa shape index (κ2) is 13.9. The third-order valence-electron chi connectivity index (χ3n) is 8.73. The molecule has 4 heterocycles. The number of aromatic nitrogens is 4. The summed E-state index contributed by atoms with van der Waals surface area (Å²) in [4.78, 5) is 25.5. The fourth-order valence-electron chi connectivity index (χ4n) is 6.26. The zero-order valence-corrected chi connectivity index (χ0v) is 27.2. The van der Waals surface area contributed by atoms with Gasteiger partial charge in [0, 0.05) is 68.7 Å².